The van der Waals surface area contributed by atoms with Gasteiger partial charge in [-0.05, 0) is 56.5 Å². The minimum atomic E-state index is -0.316. The zero-order valence-electron chi connectivity index (χ0n) is 18.6. The van der Waals surface area contributed by atoms with E-state index in [4.69, 9.17) is 9.47 Å². The van der Waals surface area contributed by atoms with Gasteiger partial charge in [-0.1, -0.05) is 24.3 Å². The molecule has 2 aliphatic heterocycles. The van der Waals surface area contributed by atoms with Crippen molar-refractivity contribution in [3.05, 3.63) is 64.9 Å². The predicted molar refractivity (Wildman–Crippen MR) is 120 cm³/mol. The molecule has 6 nitrogen and oxygen atoms in total. The highest BCUT2D eigenvalue weighted by Crippen LogP contribution is 2.37. The fraction of sp³-hybridized carbons (Fsp3) is 0.360. The number of anilines is 1. The average molecular weight is 421 g/mol. The van der Waals surface area contributed by atoms with Gasteiger partial charge in [0.15, 0.2) is 0 Å². The van der Waals surface area contributed by atoms with Crippen molar-refractivity contribution in [3.63, 3.8) is 0 Å². The molecule has 2 aromatic rings. The predicted octanol–water partition coefficient (Wildman–Crippen LogP) is 3.71. The fourth-order valence-electron chi connectivity index (χ4n) is 4.31. The van der Waals surface area contributed by atoms with Crippen LogP contribution in [0.3, 0.4) is 0 Å². The minimum absolute atomic E-state index is 0.0361. The molecule has 2 aliphatic rings. The second kappa shape index (κ2) is 8.19. The van der Waals surface area contributed by atoms with Crippen LogP contribution < -0.4 is 9.64 Å². The lowest BCUT2D eigenvalue weighted by Crippen LogP contribution is -2.47. The highest BCUT2D eigenvalue weighted by molar-refractivity contribution is 6.45. The summed E-state index contributed by atoms with van der Waals surface area (Å²) < 4.78 is 11.2. The largest absolute Gasteiger partial charge is 0.497 e. The van der Waals surface area contributed by atoms with E-state index < -0.39 is 0 Å². The maximum Gasteiger partial charge on any atom is 0.282 e. The highest BCUT2D eigenvalue weighted by atomic mass is 16.5. The van der Waals surface area contributed by atoms with Gasteiger partial charge in [-0.25, -0.2) is 4.90 Å². The smallest absolute Gasteiger partial charge is 0.282 e. The number of hydrogen-bond donors (Lipinski definition) is 0. The van der Waals surface area contributed by atoms with Gasteiger partial charge in [-0.15, -0.1) is 0 Å². The van der Waals surface area contributed by atoms with Crippen molar-refractivity contribution in [2.24, 2.45) is 0 Å². The van der Waals surface area contributed by atoms with Gasteiger partial charge in [-0.3, -0.25) is 9.59 Å². The lowest BCUT2D eigenvalue weighted by molar-refractivity contribution is -0.121. The number of ether oxygens (including phenoxy) is 2. The molecule has 0 aromatic heterocycles. The van der Waals surface area contributed by atoms with Crippen LogP contribution in [0.25, 0.3) is 5.57 Å². The van der Waals surface area contributed by atoms with Crippen molar-refractivity contribution in [2.45, 2.75) is 39.9 Å². The van der Waals surface area contributed by atoms with Crippen LogP contribution in [0.15, 0.2) is 48.2 Å². The molecule has 0 saturated carbocycles. The van der Waals surface area contributed by atoms with Gasteiger partial charge >= 0.3 is 0 Å². The molecule has 0 radical (unpaired) electrons. The first-order valence-corrected chi connectivity index (χ1v) is 10.5. The molecule has 2 amide bonds. The molecule has 2 atom stereocenters. The summed E-state index contributed by atoms with van der Waals surface area (Å²) in [5, 5.41) is 0. The van der Waals surface area contributed by atoms with E-state index in [0.717, 1.165) is 16.7 Å². The monoisotopic (exact) mass is 420 g/mol. The zero-order chi connectivity index (χ0) is 22.3. The van der Waals surface area contributed by atoms with Crippen LogP contribution >= 0.6 is 0 Å². The van der Waals surface area contributed by atoms with Crippen LogP contribution in [-0.4, -0.2) is 49.1 Å². The lowest BCUT2D eigenvalue weighted by atomic mass is 9.99. The number of methoxy groups -OCH3 is 1. The highest BCUT2D eigenvalue weighted by Gasteiger charge is 2.44. The standard InChI is InChI=1S/C25H28N2O4/c1-15-9-10-19(11-16(15)2)22-23(26-13-17(3)31-18(4)14-26)25(29)27(24(22)28)20-7-6-8-21(12-20)30-5/h6-12,17-18H,13-14H2,1-5H3. The third-order valence-corrected chi connectivity index (χ3v) is 5.90. The Hall–Kier alpha value is -3.12. The number of hydrogen-bond acceptors (Lipinski definition) is 5. The number of nitrogens with zero attached hydrogens (tertiary/aromatic N) is 2. The van der Waals surface area contributed by atoms with E-state index in [1.165, 1.54) is 4.90 Å². The second-order valence-electron chi connectivity index (χ2n) is 8.33. The average Bonchev–Trinajstić information content (AvgIpc) is 2.99. The topological polar surface area (TPSA) is 59.1 Å². The first-order valence-electron chi connectivity index (χ1n) is 10.5. The molecule has 2 unspecified atom stereocenters. The number of morpholine rings is 1. The third-order valence-electron chi connectivity index (χ3n) is 5.90. The Morgan fingerprint density at radius 2 is 1.65 bits per heavy atom. The molecular weight excluding hydrogens is 392 g/mol. The Labute approximate surface area is 183 Å². The minimum Gasteiger partial charge on any atom is -0.497 e. The number of imide groups is 1. The Bertz CT molecular complexity index is 1060. The second-order valence-corrected chi connectivity index (χ2v) is 8.33. The van der Waals surface area contributed by atoms with Crippen molar-refractivity contribution >= 4 is 23.1 Å². The molecule has 162 valence electrons. The summed E-state index contributed by atoms with van der Waals surface area (Å²) in [6.45, 7) is 9.13. The molecule has 0 N–H and O–H groups in total. The Morgan fingerprint density at radius 1 is 0.935 bits per heavy atom. The zero-order valence-corrected chi connectivity index (χ0v) is 18.6. The maximum atomic E-state index is 13.7. The Morgan fingerprint density at radius 3 is 2.29 bits per heavy atom. The van der Waals surface area contributed by atoms with Gasteiger partial charge in [0.25, 0.3) is 11.8 Å². The van der Waals surface area contributed by atoms with Crippen LogP contribution in [0, 0.1) is 13.8 Å². The quantitative estimate of drug-likeness (QED) is 0.706. The van der Waals surface area contributed by atoms with Gasteiger partial charge in [0.05, 0.1) is 30.6 Å². The van der Waals surface area contributed by atoms with Crippen molar-refractivity contribution in [1.29, 1.82) is 0 Å². The van der Waals surface area contributed by atoms with Gasteiger partial charge in [-0.2, -0.15) is 0 Å². The summed E-state index contributed by atoms with van der Waals surface area (Å²) in [6, 6.07) is 12.9. The van der Waals surface area contributed by atoms with Crippen molar-refractivity contribution in [2.75, 3.05) is 25.1 Å². The molecule has 1 saturated heterocycles. The van der Waals surface area contributed by atoms with E-state index in [-0.39, 0.29) is 24.0 Å². The van der Waals surface area contributed by atoms with Gasteiger partial charge < -0.3 is 14.4 Å². The number of amides is 2. The Balaban J connectivity index is 1.85. The summed E-state index contributed by atoms with van der Waals surface area (Å²) in [5.41, 5.74) is 4.36. The van der Waals surface area contributed by atoms with Crippen LogP contribution in [-0.2, 0) is 14.3 Å². The van der Waals surface area contributed by atoms with Crippen molar-refractivity contribution in [3.8, 4) is 5.75 Å². The molecule has 0 bridgehead atoms. The molecule has 4 rings (SSSR count). The van der Waals surface area contributed by atoms with E-state index in [1.807, 2.05) is 50.8 Å². The molecule has 2 aromatic carbocycles. The van der Waals surface area contributed by atoms with Gasteiger partial charge in [0, 0.05) is 19.2 Å². The van der Waals surface area contributed by atoms with Crippen LogP contribution in [0.4, 0.5) is 5.69 Å². The summed E-state index contributed by atoms with van der Waals surface area (Å²) >= 11 is 0. The molecular formula is C25H28N2O4. The SMILES string of the molecule is COc1cccc(N2C(=O)C(c3ccc(C)c(C)c3)=C(N3CC(C)OC(C)C3)C2=O)c1. The molecule has 6 heteroatoms. The number of benzene rings is 2. The van der Waals surface area contributed by atoms with Gasteiger partial charge in [0.2, 0.25) is 0 Å². The number of aryl methyl sites for hydroxylation is 2. The van der Waals surface area contributed by atoms with E-state index in [0.29, 0.717) is 35.8 Å². The normalized spacial score (nSPS) is 21.8. The summed E-state index contributed by atoms with van der Waals surface area (Å²) in [6.07, 6.45) is -0.0722. The van der Waals surface area contributed by atoms with E-state index in [1.54, 1.807) is 31.4 Å². The summed E-state index contributed by atoms with van der Waals surface area (Å²) in [4.78, 5) is 30.6. The number of carbonyl (C=O) groups is 2. The fourth-order valence-corrected chi connectivity index (χ4v) is 4.31. The van der Waals surface area contributed by atoms with Crippen LogP contribution in [0.2, 0.25) is 0 Å². The lowest BCUT2D eigenvalue weighted by Gasteiger charge is -2.37. The first-order chi connectivity index (χ1) is 14.8. The van der Waals surface area contributed by atoms with Crippen molar-refractivity contribution in [1.82, 2.24) is 4.90 Å². The molecule has 0 spiro atoms. The van der Waals surface area contributed by atoms with Gasteiger partial charge in [0.1, 0.15) is 11.4 Å². The number of carbonyl (C=O) groups excluding carboxylic acids is 2. The molecule has 0 aliphatic carbocycles. The van der Waals surface area contributed by atoms with Crippen LogP contribution in [0.5, 0.6) is 5.75 Å². The number of rotatable bonds is 4. The van der Waals surface area contributed by atoms with E-state index in [2.05, 4.69) is 0 Å². The Kier molecular flexibility index (Phi) is 5.58. The van der Waals surface area contributed by atoms with Crippen molar-refractivity contribution < 1.29 is 19.1 Å². The molecule has 31 heavy (non-hydrogen) atoms. The first kappa shape index (κ1) is 21.1. The van der Waals surface area contributed by atoms with E-state index >= 15 is 0 Å². The van der Waals surface area contributed by atoms with E-state index in [9.17, 15) is 9.59 Å². The molecule has 2 heterocycles. The summed E-state index contributed by atoms with van der Waals surface area (Å²) in [7, 11) is 1.56. The maximum absolute atomic E-state index is 13.7. The third kappa shape index (κ3) is 3.83. The summed E-state index contributed by atoms with van der Waals surface area (Å²) in [5.74, 6) is -0.0380. The van der Waals surface area contributed by atoms with Crippen LogP contribution in [0.1, 0.15) is 30.5 Å². The molecule has 1 fully saturated rings.